The van der Waals surface area contributed by atoms with Crippen LogP contribution in [0.5, 0.6) is 11.5 Å². The normalized spacial score (nSPS) is 15.5. The van der Waals surface area contributed by atoms with Crippen molar-refractivity contribution in [2.24, 2.45) is 5.10 Å². The molecule has 1 aliphatic rings. The lowest BCUT2D eigenvalue weighted by Crippen LogP contribution is -2.34. The summed E-state index contributed by atoms with van der Waals surface area (Å²) in [6, 6.07) is 14.6. The number of carbonyl (C=O) groups is 2. The maximum Gasteiger partial charge on any atom is 0.302 e. The third kappa shape index (κ3) is 5.65. The van der Waals surface area contributed by atoms with Gasteiger partial charge in [-0.15, -0.1) is 0 Å². The van der Waals surface area contributed by atoms with E-state index in [1.165, 1.54) is 16.8 Å². The molecule has 1 aliphatic heterocycles. The van der Waals surface area contributed by atoms with Gasteiger partial charge in [0.15, 0.2) is 11.5 Å². The van der Waals surface area contributed by atoms with E-state index in [4.69, 9.17) is 14.6 Å². The van der Waals surface area contributed by atoms with Gasteiger partial charge in [0.2, 0.25) is 0 Å². The number of carbonyl (C=O) groups excluding carboxylic acids is 2. The van der Waals surface area contributed by atoms with Gasteiger partial charge in [0.1, 0.15) is 5.69 Å². The van der Waals surface area contributed by atoms with Crippen molar-refractivity contribution in [1.82, 2.24) is 15.2 Å². The molecule has 0 fully saturated rings. The minimum absolute atomic E-state index is 0.0544. The Morgan fingerprint density at radius 2 is 1.94 bits per heavy atom. The largest absolute Gasteiger partial charge is 0.493 e. The topological polar surface area (TPSA) is 109 Å². The number of thioether (sulfide) groups is 1. The Morgan fingerprint density at radius 3 is 2.60 bits per heavy atom. The highest BCUT2D eigenvalue weighted by molar-refractivity contribution is 8.14. The minimum atomic E-state index is -0.299. The van der Waals surface area contributed by atoms with Crippen LogP contribution < -0.4 is 14.8 Å². The molecule has 1 atom stereocenters. The van der Waals surface area contributed by atoms with Crippen molar-refractivity contribution in [2.75, 3.05) is 19.0 Å². The van der Waals surface area contributed by atoms with Gasteiger partial charge in [0, 0.05) is 17.4 Å². The van der Waals surface area contributed by atoms with Gasteiger partial charge in [-0.1, -0.05) is 30.8 Å². The number of benzene rings is 2. The number of hydrogen-bond donors (Lipinski definition) is 2. The van der Waals surface area contributed by atoms with Gasteiger partial charge in [-0.2, -0.15) is 10.2 Å². The van der Waals surface area contributed by atoms with E-state index in [0.29, 0.717) is 36.0 Å². The van der Waals surface area contributed by atoms with Crippen LogP contribution in [0.4, 0.5) is 10.5 Å². The molecule has 3 aromatic rings. The van der Waals surface area contributed by atoms with Crippen molar-refractivity contribution < 1.29 is 19.1 Å². The Kier molecular flexibility index (Phi) is 7.71. The molecule has 2 amide bonds. The highest BCUT2D eigenvalue weighted by atomic mass is 32.2. The molecule has 1 unspecified atom stereocenters. The number of hydrazone groups is 1. The molecule has 0 radical (unpaired) electrons. The number of H-pyrrole nitrogens is 1. The summed E-state index contributed by atoms with van der Waals surface area (Å²) in [5.41, 5.74) is 3.55. The maximum absolute atomic E-state index is 12.8. The average Bonchev–Trinajstić information content (AvgIpc) is 3.42. The fourth-order valence-corrected chi connectivity index (χ4v) is 4.58. The number of aromatic nitrogens is 2. The zero-order chi connectivity index (χ0) is 24.8. The summed E-state index contributed by atoms with van der Waals surface area (Å²) in [4.78, 5) is 25.0. The molecule has 35 heavy (non-hydrogen) atoms. The van der Waals surface area contributed by atoms with E-state index in [1.54, 1.807) is 31.5 Å². The van der Waals surface area contributed by atoms with E-state index in [9.17, 15) is 9.59 Å². The Balaban J connectivity index is 1.53. The Hall–Kier alpha value is -3.79. The van der Waals surface area contributed by atoms with Gasteiger partial charge in [0.05, 0.1) is 31.2 Å². The van der Waals surface area contributed by atoms with Crippen LogP contribution in [0.2, 0.25) is 0 Å². The molecule has 0 bridgehead atoms. The number of methoxy groups -OCH3 is 1. The van der Waals surface area contributed by atoms with Gasteiger partial charge < -0.3 is 14.8 Å². The predicted octanol–water partition coefficient (Wildman–Crippen LogP) is 4.92. The van der Waals surface area contributed by atoms with Crippen molar-refractivity contribution in [1.29, 1.82) is 0 Å². The average molecular weight is 494 g/mol. The van der Waals surface area contributed by atoms with Crippen molar-refractivity contribution in [2.45, 2.75) is 32.1 Å². The lowest BCUT2D eigenvalue weighted by atomic mass is 10.0. The first-order valence-corrected chi connectivity index (χ1v) is 12.2. The molecular weight excluding hydrogens is 466 g/mol. The van der Waals surface area contributed by atoms with E-state index in [0.717, 1.165) is 23.3 Å². The lowest BCUT2D eigenvalue weighted by Gasteiger charge is -2.28. The molecule has 2 N–H and O–H groups in total. The smallest absolute Gasteiger partial charge is 0.302 e. The van der Waals surface area contributed by atoms with E-state index < -0.39 is 0 Å². The molecule has 0 saturated carbocycles. The van der Waals surface area contributed by atoms with Gasteiger partial charge in [-0.05, 0) is 55.3 Å². The van der Waals surface area contributed by atoms with Gasteiger partial charge in [-0.25, -0.2) is 5.01 Å². The second-order valence-electron chi connectivity index (χ2n) is 7.73. The van der Waals surface area contributed by atoms with Crippen LogP contribution in [-0.2, 0) is 6.54 Å². The van der Waals surface area contributed by atoms with Crippen LogP contribution in [0.3, 0.4) is 0 Å². The number of nitrogens with zero attached hydrogens (tertiary/aromatic N) is 3. The summed E-state index contributed by atoms with van der Waals surface area (Å²) >= 11 is 1.27. The molecule has 2 heterocycles. The fraction of sp³-hybridized carbons (Fsp3) is 0.280. The Bertz CT molecular complexity index is 1210. The SMILES string of the molecule is CCOc1cc(C2=NN(Cc3ccc(NC(=O)c4cc[nH]n4)cc3)C(=O)SC2CC)ccc1OC. The quantitative estimate of drug-likeness (QED) is 0.438. The zero-order valence-corrected chi connectivity index (χ0v) is 20.6. The van der Waals surface area contributed by atoms with Crippen molar-refractivity contribution >= 4 is 34.3 Å². The van der Waals surface area contributed by atoms with E-state index in [-0.39, 0.29) is 16.4 Å². The van der Waals surface area contributed by atoms with Crippen molar-refractivity contribution in [3.05, 3.63) is 71.5 Å². The lowest BCUT2D eigenvalue weighted by molar-refractivity contribution is 0.102. The molecule has 9 nitrogen and oxygen atoms in total. The van der Waals surface area contributed by atoms with Gasteiger partial charge >= 0.3 is 5.24 Å². The number of rotatable bonds is 9. The second-order valence-corrected chi connectivity index (χ2v) is 8.89. The summed E-state index contributed by atoms with van der Waals surface area (Å²) in [6.07, 6.45) is 2.36. The van der Waals surface area contributed by atoms with Crippen molar-refractivity contribution in [3.8, 4) is 11.5 Å². The molecular formula is C25H27N5O4S. The van der Waals surface area contributed by atoms with Gasteiger partial charge in [-0.3, -0.25) is 14.7 Å². The first kappa shape index (κ1) is 24.3. The Morgan fingerprint density at radius 1 is 1.14 bits per heavy atom. The number of anilines is 1. The standard InChI is InChI=1S/C25H27N5O4S/c1-4-22-23(17-8-11-20(33-3)21(14-17)34-5-2)29-30(25(32)35-22)15-16-6-9-18(10-7-16)27-24(31)19-12-13-26-28-19/h6-14,22H,4-5,15H2,1-3H3,(H,26,28)(H,27,31). The maximum atomic E-state index is 12.8. The van der Waals surface area contributed by atoms with Gasteiger partial charge in [0.25, 0.3) is 5.91 Å². The summed E-state index contributed by atoms with van der Waals surface area (Å²) < 4.78 is 11.1. The van der Waals surface area contributed by atoms with Crippen LogP contribution >= 0.6 is 11.8 Å². The highest BCUT2D eigenvalue weighted by Crippen LogP contribution is 2.34. The van der Waals surface area contributed by atoms with Crippen LogP contribution in [0.1, 0.15) is 41.9 Å². The minimum Gasteiger partial charge on any atom is -0.493 e. The molecule has 4 rings (SSSR count). The first-order valence-electron chi connectivity index (χ1n) is 11.3. The summed E-state index contributed by atoms with van der Waals surface area (Å²) in [5, 5.41) is 15.4. The Labute approximate surface area is 207 Å². The van der Waals surface area contributed by atoms with Crippen LogP contribution in [0, 0.1) is 0 Å². The molecule has 2 aromatic carbocycles. The second kappa shape index (κ2) is 11.1. The first-order chi connectivity index (χ1) is 17.0. The third-order valence-corrected chi connectivity index (χ3v) is 6.65. The molecule has 0 saturated heterocycles. The van der Waals surface area contributed by atoms with E-state index >= 15 is 0 Å². The number of amides is 2. The predicted molar refractivity (Wildman–Crippen MR) is 136 cm³/mol. The third-order valence-electron chi connectivity index (χ3n) is 5.39. The highest BCUT2D eigenvalue weighted by Gasteiger charge is 2.30. The van der Waals surface area contributed by atoms with Crippen molar-refractivity contribution in [3.63, 3.8) is 0 Å². The monoisotopic (exact) mass is 493 g/mol. The summed E-state index contributed by atoms with van der Waals surface area (Å²) in [5.74, 6) is 0.999. The van der Waals surface area contributed by atoms with Crippen LogP contribution in [-0.4, -0.2) is 51.0 Å². The number of hydrogen-bond acceptors (Lipinski definition) is 7. The van der Waals surface area contributed by atoms with E-state index in [1.807, 2.05) is 44.2 Å². The number of ether oxygens (including phenoxy) is 2. The zero-order valence-electron chi connectivity index (χ0n) is 19.8. The summed E-state index contributed by atoms with van der Waals surface area (Å²) in [7, 11) is 1.61. The molecule has 1 aromatic heterocycles. The molecule has 0 aliphatic carbocycles. The number of aromatic amines is 1. The molecule has 182 valence electrons. The number of nitrogens with one attached hydrogen (secondary N) is 2. The molecule has 0 spiro atoms. The van der Waals surface area contributed by atoms with E-state index in [2.05, 4.69) is 15.5 Å². The molecule has 10 heteroatoms. The van der Waals surface area contributed by atoms with Crippen LogP contribution in [0.25, 0.3) is 0 Å². The fourth-order valence-electron chi connectivity index (χ4n) is 3.65. The summed E-state index contributed by atoms with van der Waals surface area (Å²) in [6.45, 7) is 4.79. The van der Waals surface area contributed by atoms with Crippen LogP contribution in [0.15, 0.2) is 59.8 Å².